The topological polar surface area (TPSA) is 117 Å². The van der Waals surface area contributed by atoms with E-state index < -0.39 is 29.3 Å². The largest absolute Gasteiger partial charge is 0.444 e. The molecule has 200 valence electrons. The Kier molecular flexibility index (Phi) is 7.95. The Labute approximate surface area is 214 Å². The first-order valence-corrected chi connectivity index (χ1v) is 13.7. The van der Waals surface area contributed by atoms with Crippen LogP contribution < -0.4 is 16.0 Å². The fourth-order valence-electron chi connectivity index (χ4n) is 5.26. The average molecular weight is 503 g/mol. The maximum Gasteiger partial charge on any atom is 0.408 e. The van der Waals surface area contributed by atoms with Crippen molar-refractivity contribution in [1.29, 1.82) is 0 Å². The molecule has 0 unspecified atom stereocenters. The Bertz CT molecular complexity index is 893. The number of hydrogen-bond donors (Lipinski definition) is 3. The van der Waals surface area contributed by atoms with Crippen LogP contribution in [0, 0.1) is 11.8 Å². The fraction of sp³-hybridized carbons (Fsp3) is 0.778. The van der Waals surface area contributed by atoms with Gasteiger partial charge in [0.15, 0.2) is 0 Å². The van der Waals surface area contributed by atoms with E-state index in [1.165, 1.54) is 0 Å². The van der Waals surface area contributed by atoms with Gasteiger partial charge in [-0.05, 0) is 78.1 Å². The zero-order valence-electron chi connectivity index (χ0n) is 21.9. The Morgan fingerprint density at radius 2 is 1.89 bits per heavy atom. The summed E-state index contributed by atoms with van der Waals surface area (Å²) < 4.78 is 5.40. The molecule has 2 saturated carbocycles. The third-order valence-corrected chi connectivity index (χ3v) is 7.57. The molecule has 0 aromatic rings. The summed E-state index contributed by atoms with van der Waals surface area (Å²) in [7, 11) is 0. The lowest BCUT2D eigenvalue weighted by Crippen LogP contribution is -2.58. The van der Waals surface area contributed by atoms with Crippen molar-refractivity contribution in [3.63, 3.8) is 0 Å². The third kappa shape index (κ3) is 6.59. The van der Waals surface area contributed by atoms with E-state index in [1.807, 2.05) is 0 Å². The number of amides is 4. The highest BCUT2D eigenvalue weighted by atomic mass is 16.6. The van der Waals surface area contributed by atoms with Crippen molar-refractivity contribution in [2.45, 2.75) is 108 Å². The zero-order valence-corrected chi connectivity index (χ0v) is 21.9. The maximum absolute atomic E-state index is 13.6. The van der Waals surface area contributed by atoms with E-state index >= 15 is 0 Å². The first-order chi connectivity index (χ1) is 17.1. The first-order valence-electron chi connectivity index (χ1n) is 13.7. The summed E-state index contributed by atoms with van der Waals surface area (Å²) in [5.41, 5.74) is -1.61. The first kappa shape index (κ1) is 26.5. The van der Waals surface area contributed by atoms with Gasteiger partial charge in [-0.3, -0.25) is 14.4 Å². The molecule has 36 heavy (non-hydrogen) atoms. The highest BCUT2D eigenvalue weighted by Crippen LogP contribution is 2.45. The van der Waals surface area contributed by atoms with Crippen LogP contribution in [0.1, 0.15) is 85.0 Å². The summed E-state index contributed by atoms with van der Waals surface area (Å²) in [4.78, 5) is 54.3. The molecule has 9 nitrogen and oxygen atoms in total. The molecule has 0 aromatic carbocycles. The highest BCUT2D eigenvalue weighted by molar-refractivity contribution is 5.98. The van der Waals surface area contributed by atoms with E-state index in [0.717, 1.165) is 38.5 Å². The molecule has 4 atom stereocenters. The molecule has 0 radical (unpaired) electrons. The Balaban J connectivity index is 1.50. The lowest BCUT2D eigenvalue weighted by molar-refractivity contribution is -0.141. The van der Waals surface area contributed by atoms with Crippen LogP contribution in [-0.2, 0) is 19.1 Å². The minimum absolute atomic E-state index is 0.0297. The second kappa shape index (κ2) is 10.8. The summed E-state index contributed by atoms with van der Waals surface area (Å²) in [6, 6.07) is -1.40. The van der Waals surface area contributed by atoms with Gasteiger partial charge >= 0.3 is 6.09 Å². The van der Waals surface area contributed by atoms with Crippen LogP contribution in [0.4, 0.5) is 4.79 Å². The second-order valence-electron chi connectivity index (χ2n) is 11.9. The van der Waals surface area contributed by atoms with Gasteiger partial charge in [0.1, 0.15) is 23.2 Å². The van der Waals surface area contributed by atoms with Crippen LogP contribution in [0.5, 0.6) is 0 Å². The third-order valence-electron chi connectivity index (χ3n) is 7.57. The lowest BCUT2D eigenvalue weighted by Gasteiger charge is -2.30. The van der Waals surface area contributed by atoms with Gasteiger partial charge in [0.25, 0.3) is 0 Å². The Morgan fingerprint density at radius 1 is 1.11 bits per heavy atom. The van der Waals surface area contributed by atoms with E-state index in [4.69, 9.17) is 4.74 Å². The summed E-state index contributed by atoms with van der Waals surface area (Å²) in [5.74, 6) is -0.149. The summed E-state index contributed by atoms with van der Waals surface area (Å²) in [6.45, 7) is 6.44. The number of nitrogens with one attached hydrogen (secondary N) is 3. The van der Waals surface area contributed by atoms with E-state index in [9.17, 15) is 19.2 Å². The quantitative estimate of drug-likeness (QED) is 0.511. The minimum atomic E-state index is -0.936. The van der Waals surface area contributed by atoms with Crippen molar-refractivity contribution >= 4 is 23.8 Å². The molecule has 2 aliphatic heterocycles. The standard InChI is InChI=1S/C27H42N4O5/c1-26(2,3)36-25(35)29-20-11-8-6-4-5-7-10-19-16-27(19,24(34)28-17-18-13-14-18)30-22(32)21-12-9-15-31(21)23(20)33/h7,10,18-21H,4-6,8-9,11-17H2,1-3H3,(H,28,34)(H,29,35)(H,30,32)/t19-,20+,21+,27-/m1/s1. The van der Waals surface area contributed by atoms with Crippen molar-refractivity contribution in [2.75, 3.05) is 13.1 Å². The molecular weight excluding hydrogens is 460 g/mol. The van der Waals surface area contributed by atoms with E-state index in [-0.39, 0.29) is 23.6 Å². The molecule has 3 N–H and O–H groups in total. The van der Waals surface area contributed by atoms with E-state index in [1.54, 1.807) is 25.7 Å². The van der Waals surface area contributed by atoms with Gasteiger partial charge in [-0.25, -0.2) is 4.79 Å². The minimum Gasteiger partial charge on any atom is -0.444 e. The van der Waals surface area contributed by atoms with Crippen molar-refractivity contribution in [1.82, 2.24) is 20.9 Å². The number of hydrogen-bond acceptors (Lipinski definition) is 5. The smallest absolute Gasteiger partial charge is 0.408 e. The normalized spacial score (nSPS) is 31.3. The summed E-state index contributed by atoms with van der Waals surface area (Å²) in [5, 5.41) is 8.86. The highest BCUT2D eigenvalue weighted by Gasteiger charge is 2.60. The monoisotopic (exact) mass is 502 g/mol. The van der Waals surface area contributed by atoms with Crippen LogP contribution >= 0.6 is 0 Å². The zero-order chi connectivity index (χ0) is 25.9. The average Bonchev–Trinajstić information content (AvgIpc) is 3.70. The molecule has 0 aromatic heterocycles. The molecular formula is C27H42N4O5. The second-order valence-corrected chi connectivity index (χ2v) is 11.9. The number of carbonyl (C=O) groups is 4. The molecule has 9 heteroatoms. The predicted octanol–water partition coefficient (Wildman–Crippen LogP) is 2.79. The van der Waals surface area contributed by atoms with Crippen LogP contribution in [0.2, 0.25) is 0 Å². The summed E-state index contributed by atoms with van der Waals surface area (Å²) >= 11 is 0. The Morgan fingerprint density at radius 3 is 2.61 bits per heavy atom. The predicted molar refractivity (Wildman–Crippen MR) is 135 cm³/mol. The van der Waals surface area contributed by atoms with Gasteiger partial charge < -0.3 is 25.6 Å². The van der Waals surface area contributed by atoms with Gasteiger partial charge in [0, 0.05) is 19.0 Å². The SMILES string of the molecule is CC(C)(C)OC(=O)N[C@H]1CCCCCC=C[C@@H]2C[C@@]2(C(=O)NCC2CC2)NC(=O)[C@@H]2CCCN2C1=O. The van der Waals surface area contributed by atoms with Crippen LogP contribution in [0.15, 0.2) is 12.2 Å². The number of fused-ring (bicyclic) bond motifs is 2. The fourth-order valence-corrected chi connectivity index (χ4v) is 5.26. The van der Waals surface area contributed by atoms with Crippen molar-refractivity contribution in [3.05, 3.63) is 12.2 Å². The van der Waals surface area contributed by atoms with E-state index in [2.05, 4.69) is 28.1 Å². The molecule has 3 fully saturated rings. The Hall–Kier alpha value is -2.58. The molecule has 4 amide bonds. The number of alkyl carbamates (subject to hydrolysis) is 1. The van der Waals surface area contributed by atoms with Crippen molar-refractivity contribution in [3.8, 4) is 0 Å². The van der Waals surface area contributed by atoms with Gasteiger partial charge in [-0.1, -0.05) is 25.0 Å². The van der Waals surface area contributed by atoms with Crippen molar-refractivity contribution in [2.24, 2.45) is 11.8 Å². The number of ether oxygens (including phenoxy) is 1. The number of nitrogens with zero attached hydrogens (tertiary/aromatic N) is 1. The van der Waals surface area contributed by atoms with Gasteiger partial charge in [0.2, 0.25) is 17.7 Å². The van der Waals surface area contributed by atoms with Gasteiger partial charge in [-0.15, -0.1) is 0 Å². The number of allylic oxidation sites excluding steroid dienone is 1. The summed E-state index contributed by atoms with van der Waals surface area (Å²) in [6.07, 6.45) is 11.7. The van der Waals surface area contributed by atoms with E-state index in [0.29, 0.717) is 44.7 Å². The number of carbonyl (C=O) groups excluding carboxylic acids is 4. The van der Waals surface area contributed by atoms with Gasteiger partial charge in [-0.2, -0.15) is 0 Å². The molecule has 0 bridgehead atoms. The number of rotatable bonds is 4. The molecule has 1 saturated heterocycles. The van der Waals surface area contributed by atoms with Crippen molar-refractivity contribution < 1.29 is 23.9 Å². The van der Waals surface area contributed by atoms with Gasteiger partial charge in [0.05, 0.1) is 0 Å². The molecule has 2 heterocycles. The molecule has 4 aliphatic rings. The maximum atomic E-state index is 13.6. The lowest BCUT2D eigenvalue weighted by atomic mass is 10.0. The van der Waals surface area contributed by atoms with Crippen LogP contribution in [0.3, 0.4) is 0 Å². The van der Waals surface area contributed by atoms with Crippen LogP contribution in [0.25, 0.3) is 0 Å². The molecule has 2 aliphatic carbocycles. The van der Waals surface area contributed by atoms with Crippen LogP contribution in [-0.4, -0.2) is 65.0 Å². The molecule has 4 rings (SSSR count). The molecule has 0 spiro atoms.